The number of carbonyl (C=O) groups is 1. The summed E-state index contributed by atoms with van der Waals surface area (Å²) in [6.07, 6.45) is 9.99. The molecular weight excluding hydrogens is 328 g/mol. The molecule has 21 heavy (non-hydrogen) atoms. The van der Waals surface area contributed by atoms with Crippen LogP contribution in [-0.4, -0.2) is 12.4 Å². The van der Waals surface area contributed by atoms with Gasteiger partial charge >= 0.3 is 0 Å². The van der Waals surface area contributed by atoms with Crippen molar-refractivity contribution in [1.82, 2.24) is 0 Å². The van der Waals surface area contributed by atoms with Gasteiger partial charge in [0.1, 0.15) is 11.5 Å². The number of hydrogen-bond acceptors (Lipinski definition) is 2. The molecule has 3 heteroatoms. The molecule has 1 heterocycles. The van der Waals surface area contributed by atoms with Gasteiger partial charge in [0.05, 0.1) is 6.61 Å². The van der Waals surface area contributed by atoms with Crippen LogP contribution in [0.2, 0.25) is 0 Å². The Hall–Kier alpha value is -0.830. The topological polar surface area (TPSA) is 26.3 Å². The molecule has 0 N–H and O–H groups in total. The third kappa shape index (κ3) is 3.88. The molecule has 1 aliphatic carbocycles. The monoisotopic (exact) mass is 350 g/mol. The van der Waals surface area contributed by atoms with Crippen molar-refractivity contribution in [1.29, 1.82) is 0 Å². The van der Waals surface area contributed by atoms with Gasteiger partial charge in [-0.05, 0) is 23.6 Å². The zero-order valence-corrected chi connectivity index (χ0v) is 14.1. The summed E-state index contributed by atoms with van der Waals surface area (Å²) in [6, 6.07) is 4.16. The first kappa shape index (κ1) is 15.1. The van der Waals surface area contributed by atoms with Crippen LogP contribution >= 0.6 is 15.9 Å². The molecule has 0 amide bonds. The third-order valence-electron chi connectivity index (χ3n) is 4.70. The van der Waals surface area contributed by atoms with Crippen LogP contribution in [0.3, 0.4) is 0 Å². The molecule has 0 atom stereocenters. The average molecular weight is 351 g/mol. The number of rotatable bonds is 4. The maximum absolute atomic E-state index is 12.4. The van der Waals surface area contributed by atoms with Crippen molar-refractivity contribution in [3.05, 3.63) is 27.7 Å². The van der Waals surface area contributed by atoms with Crippen LogP contribution in [0.15, 0.2) is 16.6 Å². The molecule has 1 saturated carbocycles. The first-order valence-corrected chi connectivity index (χ1v) is 8.97. The Morgan fingerprint density at radius 3 is 2.71 bits per heavy atom. The number of ether oxygens (including phenoxy) is 1. The molecule has 0 bridgehead atoms. The summed E-state index contributed by atoms with van der Waals surface area (Å²) in [6.45, 7) is 0.746. The quantitative estimate of drug-likeness (QED) is 0.725. The molecule has 1 aromatic carbocycles. The van der Waals surface area contributed by atoms with E-state index >= 15 is 0 Å². The Labute approximate surface area is 135 Å². The van der Waals surface area contributed by atoms with Crippen molar-refractivity contribution in [3.8, 4) is 5.75 Å². The highest BCUT2D eigenvalue weighted by Crippen LogP contribution is 2.34. The summed E-state index contributed by atoms with van der Waals surface area (Å²) in [4.78, 5) is 12.4. The number of ketones is 1. The fourth-order valence-electron chi connectivity index (χ4n) is 3.65. The molecule has 0 saturated heterocycles. The molecule has 1 aliphatic heterocycles. The van der Waals surface area contributed by atoms with Crippen molar-refractivity contribution in [3.63, 3.8) is 0 Å². The van der Waals surface area contributed by atoms with Crippen LogP contribution in [0, 0.1) is 5.92 Å². The lowest BCUT2D eigenvalue weighted by molar-refractivity contribution is -0.119. The van der Waals surface area contributed by atoms with E-state index in [1.165, 1.54) is 44.1 Å². The number of halogens is 1. The fourth-order valence-corrected chi connectivity index (χ4v) is 4.20. The zero-order valence-electron chi connectivity index (χ0n) is 12.5. The Kier molecular flexibility index (Phi) is 4.99. The van der Waals surface area contributed by atoms with Crippen LogP contribution in [0.1, 0.15) is 56.1 Å². The van der Waals surface area contributed by atoms with Gasteiger partial charge in [-0.1, -0.05) is 54.5 Å². The van der Waals surface area contributed by atoms with Crippen LogP contribution in [-0.2, 0) is 17.6 Å². The van der Waals surface area contributed by atoms with Gasteiger partial charge < -0.3 is 4.74 Å². The smallest absolute Gasteiger partial charge is 0.137 e. The van der Waals surface area contributed by atoms with E-state index < -0.39 is 0 Å². The fraction of sp³-hybridized carbons (Fsp3) is 0.611. The summed E-state index contributed by atoms with van der Waals surface area (Å²) in [5.74, 6) is 1.95. The van der Waals surface area contributed by atoms with E-state index in [2.05, 4.69) is 28.1 Å². The summed E-state index contributed by atoms with van der Waals surface area (Å²) in [7, 11) is 0. The van der Waals surface area contributed by atoms with E-state index in [-0.39, 0.29) is 0 Å². The first-order valence-electron chi connectivity index (χ1n) is 8.18. The molecule has 1 fully saturated rings. The van der Waals surface area contributed by atoms with Gasteiger partial charge in [-0.2, -0.15) is 0 Å². The normalized spacial score (nSPS) is 18.9. The van der Waals surface area contributed by atoms with Gasteiger partial charge in [0.2, 0.25) is 0 Å². The van der Waals surface area contributed by atoms with Gasteiger partial charge in [-0.15, -0.1) is 0 Å². The number of Topliss-reactive ketones (excluding diaryl/α,β-unsaturated/α-hetero) is 1. The largest absolute Gasteiger partial charge is 0.493 e. The minimum atomic E-state index is 0.373. The van der Waals surface area contributed by atoms with Crippen LogP contribution in [0.4, 0.5) is 0 Å². The number of fused-ring (bicyclic) bond motifs is 1. The summed E-state index contributed by atoms with van der Waals surface area (Å²) < 4.78 is 6.78. The van der Waals surface area contributed by atoms with E-state index in [1.807, 2.05) is 0 Å². The lowest BCUT2D eigenvalue weighted by Gasteiger charge is -2.14. The second-order valence-electron chi connectivity index (χ2n) is 6.43. The summed E-state index contributed by atoms with van der Waals surface area (Å²) in [5, 5.41) is 0. The number of carbonyl (C=O) groups excluding carboxylic acids is 1. The van der Waals surface area contributed by atoms with Crippen molar-refractivity contribution >= 4 is 21.7 Å². The molecule has 0 unspecified atom stereocenters. The van der Waals surface area contributed by atoms with Crippen LogP contribution in [0.5, 0.6) is 5.75 Å². The van der Waals surface area contributed by atoms with Crippen LogP contribution < -0.4 is 4.74 Å². The predicted octanol–water partition coefficient (Wildman–Crippen LogP) is 4.86. The van der Waals surface area contributed by atoms with Gasteiger partial charge in [0, 0.05) is 29.3 Å². The predicted molar refractivity (Wildman–Crippen MR) is 87.9 cm³/mol. The molecule has 114 valence electrons. The van der Waals surface area contributed by atoms with E-state index in [0.29, 0.717) is 18.1 Å². The van der Waals surface area contributed by atoms with Gasteiger partial charge in [-0.3, -0.25) is 4.79 Å². The van der Waals surface area contributed by atoms with E-state index in [1.54, 1.807) is 0 Å². The lowest BCUT2D eigenvalue weighted by atomic mass is 9.92. The third-order valence-corrected chi connectivity index (χ3v) is 5.16. The highest BCUT2D eigenvalue weighted by atomic mass is 79.9. The van der Waals surface area contributed by atoms with Gasteiger partial charge in [-0.25, -0.2) is 0 Å². The Bertz CT molecular complexity index is 516. The first-order chi connectivity index (χ1) is 10.2. The second-order valence-corrected chi connectivity index (χ2v) is 7.34. The molecule has 0 spiro atoms. The Morgan fingerprint density at radius 1 is 1.19 bits per heavy atom. The zero-order chi connectivity index (χ0) is 14.7. The lowest BCUT2D eigenvalue weighted by Crippen LogP contribution is -2.11. The van der Waals surface area contributed by atoms with Gasteiger partial charge in [0.15, 0.2) is 0 Å². The molecule has 0 radical (unpaired) electrons. The molecule has 0 aromatic heterocycles. The molecule has 2 aliphatic rings. The minimum absolute atomic E-state index is 0.373. The number of hydrogen-bond donors (Lipinski definition) is 0. The second kappa shape index (κ2) is 6.95. The Balaban J connectivity index is 1.65. The van der Waals surface area contributed by atoms with Crippen molar-refractivity contribution in [2.45, 2.75) is 57.8 Å². The van der Waals surface area contributed by atoms with E-state index in [0.717, 1.165) is 35.2 Å². The number of benzene rings is 1. The molecule has 3 rings (SSSR count). The summed E-state index contributed by atoms with van der Waals surface area (Å²) in [5.41, 5.74) is 2.30. The SMILES string of the molecule is O=C(Cc1cc(Br)cc2c1OCC2)CC1CCCCCC1. The van der Waals surface area contributed by atoms with Crippen LogP contribution in [0.25, 0.3) is 0 Å². The summed E-state index contributed by atoms with van der Waals surface area (Å²) >= 11 is 3.55. The van der Waals surface area contributed by atoms with Crippen molar-refractivity contribution < 1.29 is 9.53 Å². The Morgan fingerprint density at radius 2 is 1.95 bits per heavy atom. The highest BCUT2D eigenvalue weighted by molar-refractivity contribution is 9.10. The maximum Gasteiger partial charge on any atom is 0.137 e. The standard InChI is InChI=1S/C18H23BrO2/c19-16-10-14-7-8-21-18(14)15(11-16)12-17(20)9-13-5-3-1-2-4-6-13/h10-11,13H,1-9,12H2. The minimum Gasteiger partial charge on any atom is -0.493 e. The van der Waals surface area contributed by atoms with E-state index in [9.17, 15) is 4.79 Å². The maximum atomic E-state index is 12.4. The van der Waals surface area contributed by atoms with Gasteiger partial charge in [0.25, 0.3) is 0 Å². The average Bonchev–Trinajstić information content (AvgIpc) is 2.76. The van der Waals surface area contributed by atoms with E-state index in [4.69, 9.17) is 4.74 Å². The molecule has 1 aromatic rings. The molecule has 2 nitrogen and oxygen atoms in total. The van der Waals surface area contributed by atoms with Crippen molar-refractivity contribution in [2.75, 3.05) is 6.61 Å². The van der Waals surface area contributed by atoms with Crippen molar-refractivity contribution in [2.24, 2.45) is 5.92 Å². The highest BCUT2D eigenvalue weighted by Gasteiger charge is 2.21. The molecular formula is C18H23BrO2.